The first-order valence-corrected chi connectivity index (χ1v) is 10.9. The molecule has 2 aliphatic rings. The number of benzene rings is 1. The Balaban J connectivity index is 1.45. The van der Waals surface area contributed by atoms with Crippen LogP contribution in [0.5, 0.6) is 0 Å². The summed E-state index contributed by atoms with van der Waals surface area (Å²) in [6.45, 7) is 1.41. The molecule has 0 aliphatic carbocycles. The molecular formula is C23H22F3N5O3. The van der Waals surface area contributed by atoms with Crippen LogP contribution in [0.1, 0.15) is 40.8 Å². The lowest BCUT2D eigenvalue weighted by atomic mass is 9.90. The van der Waals surface area contributed by atoms with Crippen molar-refractivity contribution in [1.29, 1.82) is 0 Å². The van der Waals surface area contributed by atoms with Gasteiger partial charge in [-0.05, 0) is 18.9 Å². The van der Waals surface area contributed by atoms with Gasteiger partial charge < -0.3 is 15.0 Å². The number of anilines is 1. The fourth-order valence-electron chi connectivity index (χ4n) is 4.62. The van der Waals surface area contributed by atoms with E-state index < -0.39 is 29.3 Å². The van der Waals surface area contributed by atoms with Gasteiger partial charge in [-0.15, -0.1) is 0 Å². The number of carbonyl (C=O) groups is 1. The molecule has 178 valence electrons. The molecule has 2 aromatic heterocycles. The Hall–Kier alpha value is -3.47. The number of fused-ring (bicyclic) bond motifs is 1. The highest BCUT2D eigenvalue weighted by Crippen LogP contribution is 2.35. The predicted molar refractivity (Wildman–Crippen MR) is 117 cm³/mol. The number of ether oxygens (including phenoxy) is 1. The number of pyridine rings is 1. The molecule has 0 atom stereocenters. The van der Waals surface area contributed by atoms with E-state index in [4.69, 9.17) is 4.74 Å². The number of halogens is 3. The minimum absolute atomic E-state index is 0.0353. The van der Waals surface area contributed by atoms with Gasteiger partial charge in [0.2, 0.25) is 0 Å². The standard InChI is InChI=1S/C23H22F3N5O3/c1-30-20-15(8-16(21(30)32)22(33)31-10-23(11-31)6-3-7-34-23)19(28-12-29-20)27-9-13-4-2-5-14(17(13)24)18(25)26/h2,4-5,8,12,18H,3,6-7,9-11H2,1H3,(H,27,28,29). The number of hydrogen-bond acceptors (Lipinski definition) is 6. The van der Waals surface area contributed by atoms with E-state index in [-0.39, 0.29) is 34.7 Å². The molecule has 8 nitrogen and oxygen atoms in total. The maximum absolute atomic E-state index is 14.4. The van der Waals surface area contributed by atoms with Crippen LogP contribution in [-0.4, -0.2) is 50.6 Å². The first-order valence-electron chi connectivity index (χ1n) is 10.9. The van der Waals surface area contributed by atoms with Crippen LogP contribution in [-0.2, 0) is 18.3 Å². The van der Waals surface area contributed by atoms with Crippen LogP contribution in [0.15, 0.2) is 35.4 Å². The maximum atomic E-state index is 14.4. The minimum Gasteiger partial charge on any atom is -0.371 e. The molecule has 2 saturated heterocycles. The average Bonchev–Trinajstić information content (AvgIpc) is 3.29. The monoisotopic (exact) mass is 473 g/mol. The molecule has 1 spiro atoms. The van der Waals surface area contributed by atoms with Crippen molar-refractivity contribution in [2.45, 2.75) is 31.4 Å². The van der Waals surface area contributed by atoms with Gasteiger partial charge >= 0.3 is 0 Å². The largest absolute Gasteiger partial charge is 0.371 e. The molecular weight excluding hydrogens is 451 g/mol. The Bertz CT molecular complexity index is 1330. The number of hydrogen-bond donors (Lipinski definition) is 1. The van der Waals surface area contributed by atoms with Crippen LogP contribution in [0.25, 0.3) is 11.0 Å². The third-order valence-electron chi connectivity index (χ3n) is 6.45. The van der Waals surface area contributed by atoms with Crippen LogP contribution in [0, 0.1) is 5.82 Å². The summed E-state index contributed by atoms with van der Waals surface area (Å²) in [5, 5.41) is 3.30. The Morgan fingerprint density at radius 3 is 2.79 bits per heavy atom. The molecule has 2 fully saturated rings. The van der Waals surface area contributed by atoms with Crippen molar-refractivity contribution in [2.24, 2.45) is 7.05 Å². The van der Waals surface area contributed by atoms with Crippen molar-refractivity contribution in [3.8, 4) is 0 Å². The molecule has 4 heterocycles. The molecule has 0 radical (unpaired) electrons. The first-order chi connectivity index (χ1) is 16.3. The molecule has 34 heavy (non-hydrogen) atoms. The van der Waals surface area contributed by atoms with Crippen LogP contribution in [0.4, 0.5) is 19.0 Å². The Morgan fingerprint density at radius 2 is 2.09 bits per heavy atom. The van der Waals surface area contributed by atoms with Gasteiger partial charge in [0.25, 0.3) is 17.9 Å². The van der Waals surface area contributed by atoms with Gasteiger partial charge in [0.1, 0.15) is 34.8 Å². The SMILES string of the molecule is Cn1c(=O)c(C(=O)N2CC3(CCCO3)C2)cc2c(NCc3cccc(C(F)F)c3F)ncnc21. The Kier molecular flexibility index (Phi) is 5.51. The van der Waals surface area contributed by atoms with E-state index in [0.717, 1.165) is 18.9 Å². The van der Waals surface area contributed by atoms with Gasteiger partial charge in [-0.1, -0.05) is 18.2 Å². The van der Waals surface area contributed by atoms with Gasteiger partial charge in [-0.25, -0.2) is 23.1 Å². The van der Waals surface area contributed by atoms with Gasteiger partial charge in [0.05, 0.1) is 24.0 Å². The molecule has 1 N–H and O–H groups in total. The summed E-state index contributed by atoms with van der Waals surface area (Å²) in [5.74, 6) is -1.16. The van der Waals surface area contributed by atoms with Crippen LogP contribution in [0.3, 0.4) is 0 Å². The normalized spacial score (nSPS) is 16.9. The van der Waals surface area contributed by atoms with E-state index in [1.807, 2.05) is 0 Å². The smallest absolute Gasteiger partial charge is 0.266 e. The molecule has 1 aromatic carbocycles. The molecule has 3 aromatic rings. The first kappa shape index (κ1) is 22.3. The zero-order valence-electron chi connectivity index (χ0n) is 18.4. The molecule has 0 unspecified atom stereocenters. The second kappa shape index (κ2) is 8.39. The van der Waals surface area contributed by atoms with Gasteiger partial charge in [-0.2, -0.15) is 0 Å². The number of amides is 1. The van der Waals surface area contributed by atoms with Crippen molar-refractivity contribution < 1.29 is 22.7 Å². The number of aromatic nitrogens is 3. The fourth-order valence-corrected chi connectivity index (χ4v) is 4.62. The topological polar surface area (TPSA) is 89.4 Å². The van der Waals surface area contributed by atoms with Crippen molar-refractivity contribution in [3.63, 3.8) is 0 Å². The van der Waals surface area contributed by atoms with Crippen molar-refractivity contribution in [1.82, 2.24) is 19.4 Å². The number of nitrogens with zero attached hydrogens (tertiary/aromatic N) is 4. The molecule has 1 amide bonds. The Morgan fingerprint density at radius 1 is 1.29 bits per heavy atom. The molecule has 0 bridgehead atoms. The van der Waals surface area contributed by atoms with E-state index in [0.29, 0.717) is 25.1 Å². The summed E-state index contributed by atoms with van der Waals surface area (Å²) >= 11 is 0. The van der Waals surface area contributed by atoms with Gasteiger partial charge in [0.15, 0.2) is 0 Å². The zero-order valence-corrected chi connectivity index (χ0v) is 18.4. The summed E-state index contributed by atoms with van der Waals surface area (Å²) in [6.07, 6.45) is 0.136. The average molecular weight is 473 g/mol. The van der Waals surface area contributed by atoms with E-state index in [9.17, 15) is 22.8 Å². The summed E-state index contributed by atoms with van der Waals surface area (Å²) in [6, 6.07) is 5.21. The molecule has 5 rings (SSSR count). The second-order valence-corrected chi connectivity index (χ2v) is 8.65. The number of likely N-dealkylation sites (tertiary alicyclic amines) is 1. The number of carbonyl (C=O) groups excluding carboxylic acids is 1. The number of rotatable bonds is 5. The van der Waals surface area contributed by atoms with E-state index in [1.54, 1.807) is 4.90 Å². The summed E-state index contributed by atoms with van der Waals surface area (Å²) < 4.78 is 47.5. The fraction of sp³-hybridized carbons (Fsp3) is 0.391. The summed E-state index contributed by atoms with van der Waals surface area (Å²) in [5.41, 5.74) is -1.20. The van der Waals surface area contributed by atoms with E-state index >= 15 is 0 Å². The maximum Gasteiger partial charge on any atom is 0.266 e. The quantitative estimate of drug-likeness (QED) is 0.613. The summed E-state index contributed by atoms with van der Waals surface area (Å²) in [4.78, 5) is 35.9. The molecule has 2 aliphatic heterocycles. The highest BCUT2D eigenvalue weighted by atomic mass is 19.3. The lowest BCUT2D eigenvalue weighted by Gasteiger charge is -2.46. The van der Waals surface area contributed by atoms with E-state index in [1.165, 1.54) is 36.1 Å². The lowest BCUT2D eigenvalue weighted by molar-refractivity contribution is -0.0950. The van der Waals surface area contributed by atoms with Gasteiger partial charge in [0, 0.05) is 25.8 Å². The lowest BCUT2D eigenvalue weighted by Crippen LogP contribution is -2.63. The predicted octanol–water partition coefficient (Wildman–Crippen LogP) is 3.02. The minimum atomic E-state index is -2.93. The second-order valence-electron chi connectivity index (χ2n) is 8.65. The van der Waals surface area contributed by atoms with Crippen molar-refractivity contribution in [3.05, 3.63) is 63.5 Å². The van der Waals surface area contributed by atoms with Gasteiger partial charge in [-0.3, -0.25) is 14.2 Å². The highest BCUT2D eigenvalue weighted by Gasteiger charge is 2.48. The number of aryl methyl sites for hydroxylation is 1. The van der Waals surface area contributed by atoms with E-state index in [2.05, 4.69) is 15.3 Å². The van der Waals surface area contributed by atoms with Crippen LogP contribution >= 0.6 is 0 Å². The van der Waals surface area contributed by atoms with Crippen LogP contribution < -0.4 is 10.9 Å². The summed E-state index contributed by atoms with van der Waals surface area (Å²) in [7, 11) is 1.50. The third-order valence-corrected chi connectivity index (χ3v) is 6.45. The number of nitrogens with one attached hydrogen (secondary N) is 1. The van der Waals surface area contributed by atoms with Crippen LogP contribution in [0.2, 0.25) is 0 Å². The number of alkyl halides is 2. The highest BCUT2D eigenvalue weighted by molar-refractivity contribution is 5.99. The Labute approximate surface area is 192 Å². The van der Waals surface area contributed by atoms with Crippen molar-refractivity contribution >= 4 is 22.8 Å². The molecule has 11 heteroatoms. The molecule has 0 saturated carbocycles. The van der Waals surface area contributed by atoms with Crippen molar-refractivity contribution in [2.75, 3.05) is 25.0 Å². The zero-order chi connectivity index (χ0) is 24.0. The third kappa shape index (κ3) is 3.69.